The van der Waals surface area contributed by atoms with Gasteiger partial charge in [-0.25, -0.2) is 0 Å². The fourth-order valence-electron chi connectivity index (χ4n) is 2.74. The van der Waals surface area contributed by atoms with Crippen LogP contribution in [-0.4, -0.2) is 27.3 Å². The Morgan fingerprint density at radius 3 is 2.94 bits per heavy atom. The third-order valence-corrected chi connectivity index (χ3v) is 3.66. The highest BCUT2D eigenvalue weighted by Gasteiger charge is 2.45. The van der Waals surface area contributed by atoms with Crippen LogP contribution in [0.1, 0.15) is 39.2 Å². The lowest BCUT2D eigenvalue weighted by Crippen LogP contribution is -2.56. The maximum absolute atomic E-state index is 11.7. The van der Waals surface area contributed by atoms with Gasteiger partial charge in [0.25, 0.3) is 0 Å². The van der Waals surface area contributed by atoms with Crippen molar-refractivity contribution >= 4 is 17.5 Å². The van der Waals surface area contributed by atoms with E-state index < -0.39 is 5.54 Å². The molecule has 1 heterocycles. The highest BCUT2D eigenvalue weighted by molar-refractivity contribution is 6.30. The van der Waals surface area contributed by atoms with E-state index in [1.54, 1.807) is 12.4 Å². The van der Waals surface area contributed by atoms with E-state index in [1.165, 1.54) is 0 Å². The first-order valence-electron chi connectivity index (χ1n) is 6.20. The summed E-state index contributed by atoms with van der Waals surface area (Å²) in [5.41, 5.74) is 4.96. The number of nitrogens with zero attached hydrogens (tertiary/aromatic N) is 2. The van der Waals surface area contributed by atoms with Crippen molar-refractivity contribution in [2.75, 3.05) is 0 Å². The molecule has 2 rings (SSSR count). The van der Waals surface area contributed by atoms with Gasteiger partial charge in [0.05, 0.1) is 22.8 Å². The van der Waals surface area contributed by atoms with E-state index in [0.717, 1.165) is 12.8 Å². The number of primary amides is 1. The second kappa shape index (κ2) is 4.90. The molecule has 18 heavy (non-hydrogen) atoms. The lowest BCUT2D eigenvalue weighted by molar-refractivity contribution is -0.124. The van der Waals surface area contributed by atoms with E-state index in [9.17, 15) is 4.79 Å². The molecule has 2 unspecified atom stereocenters. The third kappa shape index (κ3) is 2.52. The van der Waals surface area contributed by atoms with E-state index in [1.807, 2.05) is 18.5 Å². The largest absolute Gasteiger partial charge is 0.368 e. The SMILES string of the molecule is CC(C)NC1(C(N)=O)CCC(n2cc(Cl)cn2)C1. The predicted molar refractivity (Wildman–Crippen MR) is 70.3 cm³/mol. The van der Waals surface area contributed by atoms with Gasteiger partial charge in [-0.15, -0.1) is 0 Å². The molecule has 0 spiro atoms. The predicted octanol–water partition coefficient (Wildman–Crippen LogP) is 1.48. The number of hydrogen-bond donors (Lipinski definition) is 2. The molecule has 0 bridgehead atoms. The Morgan fingerprint density at radius 1 is 1.72 bits per heavy atom. The molecule has 6 heteroatoms. The lowest BCUT2D eigenvalue weighted by Gasteiger charge is -2.29. The van der Waals surface area contributed by atoms with Crippen LogP contribution in [0.15, 0.2) is 12.4 Å². The zero-order valence-electron chi connectivity index (χ0n) is 10.7. The molecule has 0 aliphatic heterocycles. The minimum Gasteiger partial charge on any atom is -0.368 e. The monoisotopic (exact) mass is 270 g/mol. The van der Waals surface area contributed by atoms with Gasteiger partial charge in [0.1, 0.15) is 0 Å². The first kappa shape index (κ1) is 13.4. The topological polar surface area (TPSA) is 72.9 Å². The molecule has 1 amide bonds. The zero-order valence-corrected chi connectivity index (χ0v) is 11.4. The maximum atomic E-state index is 11.7. The molecule has 0 radical (unpaired) electrons. The molecule has 1 aromatic rings. The Labute approximate surface area is 112 Å². The van der Waals surface area contributed by atoms with Gasteiger partial charge < -0.3 is 11.1 Å². The summed E-state index contributed by atoms with van der Waals surface area (Å²) in [6.45, 7) is 4.03. The van der Waals surface area contributed by atoms with E-state index in [2.05, 4.69) is 10.4 Å². The van der Waals surface area contributed by atoms with Crippen molar-refractivity contribution in [1.82, 2.24) is 15.1 Å². The quantitative estimate of drug-likeness (QED) is 0.870. The van der Waals surface area contributed by atoms with Gasteiger partial charge in [0.15, 0.2) is 0 Å². The summed E-state index contributed by atoms with van der Waals surface area (Å²) in [5.74, 6) is -0.281. The normalized spacial score (nSPS) is 27.9. The molecular formula is C12H19ClN4O. The van der Waals surface area contributed by atoms with E-state index in [-0.39, 0.29) is 18.0 Å². The molecule has 0 aromatic carbocycles. The van der Waals surface area contributed by atoms with Crippen molar-refractivity contribution in [3.8, 4) is 0 Å². The molecule has 100 valence electrons. The number of halogens is 1. The zero-order chi connectivity index (χ0) is 13.3. The highest BCUT2D eigenvalue weighted by atomic mass is 35.5. The highest BCUT2D eigenvalue weighted by Crippen LogP contribution is 2.38. The van der Waals surface area contributed by atoms with Crippen LogP contribution in [0.4, 0.5) is 0 Å². The van der Waals surface area contributed by atoms with Crippen molar-refractivity contribution in [3.05, 3.63) is 17.4 Å². The second-order valence-electron chi connectivity index (χ2n) is 5.28. The van der Waals surface area contributed by atoms with Gasteiger partial charge >= 0.3 is 0 Å². The molecule has 1 fully saturated rings. The summed E-state index contributed by atoms with van der Waals surface area (Å²) in [6, 6.07) is 0.397. The first-order valence-corrected chi connectivity index (χ1v) is 6.58. The number of hydrogen-bond acceptors (Lipinski definition) is 3. The number of carbonyl (C=O) groups excluding carboxylic acids is 1. The smallest absolute Gasteiger partial charge is 0.237 e. The lowest BCUT2D eigenvalue weighted by atomic mass is 9.95. The first-order chi connectivity index (χ1) is 8.43. The van der Waals surface area contributed by atoms with Crippen molar-refractivity contribution in [1.29, 1.82) is 0 Å². The van der Waals surface area contributed by atoms with Crippen LogP contribution in [0.25, 0.3) is 0 Å². The van der Waals surface area contributed by atoms with Crippen molar-refractivity contribution in [2.45, 2.75) is 50.7 Å². The fourth-order valence-corrected chi connectivity index (χ4v) is 2.88. The average molecular weight is 271 g/mol. The number of nitrogens with two attached hydrogens (primary N) is 1. The van der Waals surface area contributed by atoms with Crippen LogP contribution in [-0.2, 0) is 4.79 Å². The second-order valence-corrected chi connectivity index (χ2v) is 5.72. The van der Waals surface area contributed by atoms with Crippen LogP contribution in [0.3, 0.4) is 0 Å². The average Bonchev–Trinajstić information content (AvgIpc) is 2.84. The van der Waals surface area contributed by atoms with Gasteiger partial charge in [0, 0.05) is 12.2 Å². The van der Waals surface area contributed by atoms with Gasteiger partial charge in [-0.1, -0.05) is 11.6 Å². The summed E-state index contributed by atoms with van der Waals surface area (Å²) in [5, 5.41) is 8.13. The fraction of sp³-hybridized carbons (Fsp3) is 0.667. The van der Waals surface area contributed by atoms with Gasteiger partial charge in [-0.3, -0.25) is 9.48 Å². The van der Waals surface area contributed by atoms with Crippen molar-refractivity contribution in [3.63, 3.8) is 0 Å². The van der Waals surface area contributed by atoms with Crippen LogP contribution in [0.2, 0.25) is 5.02 Å². The Morgan fingerprint density at radius 2 is 2.44 bits per heavy atom. The van der Waals surface area contributed by atoms with Gasteiger partial charge in [-0.2, -0.15) is 5.10 Å². The third-order valence-electron chi connectivity index (χ3n) is 3.47. The number of aromatic nitrogens is 2. The number of amides is 1. The number of carbonyl (C=O) groups is 1. The van der Waals surface area contributed by atoms with Crippen LogP contribution >= 0.6 is 11.6 Å². The van der Waals surface area contributed by atoms with Crippen molar-refractivity contribution < 1.29 is 4.79 Å². The van der Waals surface area contributed by atoms with Crippen LogP contribution < -0.4 is 11.1 Å². The molecule has 1 saturated carbocycles. The Bertz CT molecular complexity index is 445. The molecule has 2 atom stereocenters. The summed E-state index contributed by atoms with van der Waals surface area (Å²) in [7, 11) is 0. The number of rotatable bonds is 4. The van der Waals surface area contributed by atoms with E-state index >= 15 is 0 Å². The molecular weight excluding hydrogens is 252 g/mol. The van der Waals surface area contributed by atoms with Crippen LogP contribution in [0, 0.1) is 0 Å². The van der Waals surface area contributed by atoms with Crippen LogP contribution in [0.5, 0.6) is 0 Å². The summed E-state index contributed by atoms with van der Waals surface area (Å²) >= 11 is 5.87. The Hall–Kier alpha value is -1.07. The molecule has 1 aliphatic rings. The summed E-state index contributed by atoms with van der Waals surface area (Å²) < 4.78 is 1.83. The summed E-state index contributed by atoms with van der Waals surface area (Å²) in [4.78, 5) is 11.7. The van der Waals surface area contributed by atoms with Crippen molar-refractivity contribution in [2.24, 2.45) is 5.73 Å². The minimum atomic E-state index is -0.614. The molecule has 0 saturated heterocycles. The van der Waals surface area contributed by atoms with Gasteiger partial charge in [-0.05, 0) is 33.1 Å². The Balaban J connectivity index is 2.15. The standard InChI is InChI=1S/C12H19ClN4O/c1-8(2)16-12(11(14)18)4-3-10(5-12)17-7-9(13)6-15-17/h6-8,10,16H,3-5H2,1-2H3,(H2,14,18). The summed E-state index contributed by atoms with van der Waals surface area (Å²) in [6.07, 6.45) is 5.68. The molecule has 1 aromatic heterocycles. The molecule has 5 nitrogen and oxygen atoms in total. The van der Waals surface area contributed by atoms with Gasteiger partial charge in [0.2, 0.25) is 5.91 Å². The van der Waals surface area contributed by atoms with E-state index in [0.29, 0.717) is 11.4 Å². The maximum Gasteiger partial charge on any atom is 0.237 e. The Kier molecular flexibility index (Phi) is 3.64. The van der Waals surface area contributed by atoms with E-state index in [4.69, 9.17) is 17.3 Å². The number of nitrogens with one attached hydrogen (secondary N) is 1. The molecule has 3 N–H and O–H groups in total. The minimum absolute atomic E-state index is 0.177. The molecule has 1 aliphatic carbocycles.